The van der Waals surface area contributed by atoms with Crippen LogP contribution < -0.4 is 10.1 Å². The summed E-state index contributed by atoms with van der Waals surface area (Å²) in [6, 6.07) is 7.97. The Kier molecular flexibility index (Phi) is 6.87. The van der Waals surface area contributed by atoms with Crippen molar-refractivity contribution in [3.05, 3.63) is 29.8 Å². The minimum Gasteiger partial charge on any atom is -0.494 e. The van der Waals surface area contributed by atoms with E-state index in [1.54, 1.807) is 0 Å². The number of esters is 1. The number of benzene rings is 1. The molecular formula is C14H21NO3. The third-order valence-electron chi connectivity index (χ3n) is 2.55. The summed E-state index contributed by atoms with van der Waals surface area (Å²) in [5.74, 6) is 0.756. The van der Waals surface area contributed by atoms with Crippen LogP contribution in [0.4, 0.5) is 0 Å². The van der Waals surface area contributed by atoms with Crippen LogP contribution in [0.25, 0.3) is 0 Å². The van der Waals surface area contributed by atoms with Gasteiger partial charge in [-0.3, -0.25) is 4.79 Å². The lowest BCUT2D eigenvalue weighted by Gasteiger charge is -2.10. The predicted octanol–water partition coefficient (Wildman–Crippen LogP) is 2.13. The molecule has 0 saturated heterocycles. The molecule has 4 nitrogen and oxygen atoms in total. The molecule has 0 unspecified atom stereocenters. The number of hydrogen-bond acceptors (Lipinski definition) is 4. The maximum absolute atomic E-state index is 10.9. The van der Waals surface area contributed by atoms with E-state index in [0.29, 0.717) is 13.0 Å². The van der Waals surface area contributed by atoms with E-state index >= 15 is 0 Å². The smallest absolute Gasteiger partial charge is 0.305 e. The molecule has 0 aliphatic rings. The van der Waals surface area contributed by atoms with Crippen molar-refractivity contribution in [3.8, 4) is 5.75 Å². The van der Waals surface area contributed by atoms with Gasteiger partial charge < -0.3 is 14.8 Å². The van der Waals surface area contributed by atoms with Crippen LogP contribution in [0.1, 0.15) is 25.3 Å². The Morgan fingerprint density at radius 2 is 2.11 bits per heavy atom. The van der Waals surface area contributed by atoms with Gasteiger partial charge in [-0.25, -0.2) is 0 Å². The lowest BCUT2D eigenvalue weighted by Crippen LogP contribution is -2.16. The first kappa shape index (κ1) is 14.5. The molecule has 0 aromatic heterocycles. The van der Waals surface area contributed by atoms with Gasteiger partial charge in [-0.2, -0.15) is 0 Å². The van der Waals surface area contributed by atoms with Crippen LogP contribution in [-0.4, -0.2) is 26.2 Å². The topological polar surface area (TPSA) is 47.6 Å². The molecule has 0 amide bonds. The van der Waals surface area contributed by atoms with Crippen molar-refractivity contribution in [3.63, 3.8) is 0 Å². The monoisotopic (exact) mass is 251 g/mol. The molecule has 18 heavy (non-hydrogen) atoms. The quantitative estimate of drug-likeness (QED) is 0.568. The number of carbonyl (C=O) groups excluding carboxylic acids is 1. The van der Waals surface area contributed by atoms with Crippen molar-refractivity contribution in [2.45, 2.75) is 26.3 Å². The summed E-state index contributed by atoms with van der Waals surface area (Å²) in [4.78, 5) is 10.9. The van der Waals surface area contributed by atoms with Gasteiger partial charge in [-0.05, 0) is 26.0 Å². The normalized spacial score (nSPS) is 10.1. The first-order valence-corrected chi connectivity index (χ1v) is 6.26. The van der Waals surface area contributed by atoms with Crippen LogP contribution in [0.5, 0.6) is 5.75 Å². The Morgan fingerprint density at radius 1 is 1.33 bits per heavy atom. The van der Waals surface area contributed by atoms with Crippen LogP contribution in [0, 0.1) is 0 Å². The van der Waals surface area contributed by atoms with E-state index in [-0.39, 0.29) is 5.97 Å². The second kappa shape index (κ2) is 8.53. The zero-order chi connectivity index (χ0) is 13.2. The highest BCUT2D eigenvalue weighted by Crippen LogP contribution is 2.17. The largest absolute Gasteiger partial charge is 0.494 e. The summed E-state index contributed by atoms with van der Waals surface area (Å²) in [6.07, 6.45) is 1.24. The Labute approximate surface area is 108 Å². The molecule has 1 rings (SSSR count). The van der Waals surface area contributed by atoms with Crippen molar-refractivity contribution in [1.82, 2.24) is 5.32 Å². The zero-order valence-electron chi connectivity index (χ0n) is 11.1. The molecule has 0 atom stereocenters. The standard InChI is InChI=1S/C14H21NO3/c1-3-18-13-8-5-4-7-12(13)11-15-10-6-9-14(16)17-2/h4-5,7-8,15H,3,6,9-11H2,1-2H3. The highest BCUT2D eigenvalue weighted by atomic mass is 16.5. The highest BCUT2D eigenvalue weighted by Gasteiger charge is 2.02. The number of hydrogen-bond donors (Lipinski definition) is 1. The third-order valence-corrected chi connectivity index (χ3v) is 2.55. The van der Waals surface area contributed by atoms with E-state index < -0.39 is 0 Å². The number of nitrogens with one attached hydrogen (secondary N) is 1. The second-order valence-corrected chi connectivity index (χ2v) is 3.90. The van der Waals surface area contributed by atoms with E-state index in [4.69, 9.17) is 4.74 Å². The SMILES string of the molecule is CCOc1ccccc1CNCCCC(=O)OC. The van der Waals surface area contributed by atoms with Crippen LogP contribution >= 0.6 is 0 Å². The van der Waals surface area contributed by atoms with Gasteiger partial charge >= 0.3 is 5.97 Å². The van der Waals surface area contributed by atoms with E-state index in [2.05, 4.69) is 10.1 Å². The van der Waals surface area contributed by atoms with Crippen LogP contribution in [0.2, 0.25) is 0 Å². The van der Waals surface area contributed by atoms with Gasteiger partial charge in [0.25, 0.3) is 0 Å². The van der Waals surface area contributed by atoms with Gasteiger partial charge in [0.05, 0.1) is 13.7 Å². The fourth-order valence-corrected chi connectivity index (χ4v) is 1.63. The van der Waals surface area contributed by atoms with Crippen molar-refractivity contribution >= 4 is 5.97 Å². The minimum absolute atomic E-state index is 0.161. The Balaban J connectivity index is 2.28. The lowest BCUT2D eigenvalue weighted by atomic mass is 10.2. The maximum atomic E-state index is 10.9. The predicted molar refractivity (Wildman–Crippen MR) is 70.6 cm³/mol. The Hall–Kier alpha value is -1.55. The summed E-state index contributed by atoms with van der Waals surface area (Å²) in [5.41, 5.74) is 1.14. The number of methoxy groups -OCH3 is 1. The van der Waals surface area contributed by atoms with Crippen LogP contribution in [0.15, 0.2) is 24.3 Å². The number of carbonyl (C=O) groups is 1. The van der Waals surface area contributed by atoms with Crippen LogP contribution in [-0.2, 0) is 16.1 Å². The second-order valence-electron chi connectivity index (χ2n) is 3.90. The Morgan fingerprint density at radius 3 is 2.83 bits per heavy atom. The van der Waals surface area contributed by atoms with Gasteiger partial charge in [-0.15, -0.1) is 0 Å². The molecule has 0 aliphatic carbocycles. The number of para-hydroxylation sites is 1. The molecule has 0 bridgehead atoms. The van der Waals surface area contributed by atoms with Crippen molar-refractivity contribution in [1.29, 1.82) is 0 Å². The van der Waals surface area contributed by atoms with Gasteiger partial charge in [0, 0.05) is 18.5 Å². The summed E-state index contributed by atoms with van der Waals surface area (Å²) in [5, 5.41) is 3.29. The molecule has 0 heterocycles. The van der Waals surface area contributed by atoms with Crippen molar-refractivity contribution in [2.75, 3.05) is 20.3 Å². The summed E-state index contributed by atoms with van der Waals surface area (Å²) < 4.78 is 10.1. The molecule has 0 spiro atoms. The molecule has 4 heteroatoms. The molecule has 0 fully saturated rings. The molecule has 100 valence electrons. The molecule has 0 aliphatic heterocycles. The first-order chi connectivity index (χ1) is 8.77. The molecular weight excluding hydrogens is 230 g/mol. The number of rotatable bonds is 8. The van der Waals surface area contributed by atoms with Gasteiger partial charge in [0.1, 0.15) is 5.75 Å². The third kappa shape index (κ3) is 5.19. The molecule has 1 aromatic carbocycles. The van der Waals surface area contributed by atoms with E-state index in [1.165, 1.54) is 7.11 Å². The molecule has 1 aromatic rings. The van der Waals surface area contributed by atoms with E-state index in [0.717, 1.165) is 30.8 Å². The first-order valence-electron chi connectivity index (χ1n) is 6.26. The average Bonchev–Trinajstić information content (AvgIpc) is 2.40. The zero-order valence-corrected chi connectivity index (χ0v) is 11.1. The Bertz CT molecular complexity index is 366. The molecule has 1 N–H and O–H groups in total. The highest BCUT2D eigenvalue weighted by molar-refractivity contribution is 5.69. The molecule has 0 saturated carbocycles. The average molecular weight is 251 g/mol. The van der Waals surface area contributed by atoms with Gasteiger partial charge in [0.15, 0.2) is 0 Å². The maximum Gasteiger partial charge on any atom is 0.305 e. The fourth-order valence-electron chi connectivity index (χ4n) is 1.63. The van der Waals surface area contributed by atoms with Gasteiger partial charge in [-0.1, -0.05) is 18.2 Å². The minimum atomic E-state index is -0.161. The van der Waals surface area contributed by atoms with E-state index in [1.807, 2.05) is 31.2 Å². The molecule has 0 radical (unpaired) electrons. The summed E-state index contributed by atoms with van der Waals surface area (Å²) in [7, 11) is 1.41. The van der Waals surface area contributed by atoms with Crippen molar-refractivity contribution < 1.29 is 14.3 Å². The number of ether oxygens (including phenoxy) is 2. The summed E-state index contributed by atoms with van der Waals surface area (Å²) in [6.45, 7) is 4.17. The lowest BCUT2D eigenvalue weighted by molar-refractivity contribution is -0.140. The summed E-state index contributed by atoms with van der Waals surface area (Å²) >= 11 is 0. The van der Waals surface area contributed by atoms with E-state index in [9.17, 15) is 4.79 Å². The van der Waals surface area contributed by atoms with Crippen molar-refractivity contribution in [2.24, 2.45) is 0 Å². The fraction of sp³-hybridized carbons (Fsp3) is 0.500. The van der Waals surface area contributed by atoms with Gasteiger partial charge in [0.2, 0.25) is 0 Å². The van der Waals surface area contributed by atoms with Crippen LogP contribution in [0.3, 0.4) is 0 Å².